The molecule has 0 spiro atoms. The van der Waals surface area contributed by atoms with Gasteiger partial charge in [0.1, 0.15) is 5.75 Å². The highest BCUT2D eigenvalue weighted by Gasteiger charge is 2.26. The minimum atomic E-state index is -3.42. The number of ether oxygens (including phenoxy) is 1. The Bertz CT molecular complexity index is 510. The van der Waals surface area contributed by atoms with Gasteiger partial charge in [-0.15, -0.1) is 0 Å². The number of sulfonamides is 1. The van der Waals surface area contributed by atoms with E-state index in [1.807, 2.05) is 0 Å². The van der Waals surface area contributed by atoms with Crippen molar-refractivity contribution in [1.82, 2.24) is 4.72 Å². The summed E-state index contributed by atoms with van der Waals surface area (Å²) in [5, 5.41) is 0. The Balaban J connectivity index is 2.12. The molecule has 1 aliphatic carbocycles. The lowest BCUT2D eigenvalue weighted by Gasteiger charge is -2.29. The van der Waals surface area contributed by atoms with Crippen LogP contribution < -0.4 is 9.46 Å². The van der Waals surface area contributed by atoms with E-state index in [9.17, 15) is 8.42 Å². The highest BCUT2D eigenvalue weighted by Crippen LogP contribution is 2.25. The molecule has 1 aliphatic rings. The largest absolute Gasteiger partial charge is 0.497 e. The molecule has 0 aliphatic heterocycles. The number of nitrogens with one attached hydrogen (secondary N) is 1. The lowest BCUT2D eigenvalue weighted by Crippen LogP contribution is -2.40. The van der Waals surface area contributed by atoms with E-state index in [4.69, 9.17) is 4.74 Å². The van der Waals surface area contributed by atoms with Crippen LogP contribution in [0.15, 0.2) is 29.2 Å². The molecular formula is C14H21NO3S. The molecule has 0 aromatic heterocycles. The van der Waals surface area contributed by atoms with Crippen LogP contribution in [0.3, 0.4) is 0 Å². The third kappa shape index (κ3) is 3.48. The van der Waals surface area contributed by atoms with Crippen molar-refractivity contribution in [3.05, 3.63) is 24.3 Å². The number of methoxy groups -OCH3 is 1. The fourth-order valence-electron chi connectivity index (χ4n) is 2.51. The Morgan fingerprint density at radius 1 is 1.16 bits per heavy atom. The first-order valence-electron chi connectivity index (χ1n) is 6.69. The van der Waals surface area contributed by atoms with Gasteiger partial charge in [0.15, 0.2) is 0 Å². The average molecular weight is 283 g/mol. The third-order valence-corrected chi connectivity index (χ3v) is 5.29. The van der Waals surface area contributed by atoms with E-state index < -0.39 is 10.0 Å². The van der Waals surface area contributed by atoms with Gasteiger partial charge >= 0.3 is 0 Å². The SMILES string of the molecule is COc1ccc(S(=O)(=O)N[C@@H]2CCCC[C@H]2C)cc1. The smallest absolute Gasteiger partial charge is 0.240 e. The fourth-order valence-corrected chi connectivity index (χ4v) is 3.89. The molecular weight excluding hydrogens is 262 g/mol. The van der Waals surface area contributed by atoms with Crippen LogP contribution in [0.5, 0.6) is 5.75 Å². The zero-order valence-electron chi connectivity index (χ0n) is 11.4. The second-order valence-electron chi connectivity index (χ2n) is 5.17. The molecule has 2 atom stereocenters. The van der Waals surface area contributed by atoms with Crippen LogP contribution in [0.2, 0.25) is 0 Å². The summed E-state index contributed by atoms with van der Waals surface area (Å²) in [7, 11) is -1.86. The number of rotatable bonds is 4. The molecule has 1 aromatic rings. The summed E-state index contributed by atoms with van der Waals surface area (Å²) in [6.45, 7) is 2.11. The summed E-state index contributed by atoms with van der Waals surface area (Å²) in [5.74, 6) is 1.06. The van der Waals surface area contributed by atoms with Crippen LogP contribution in [-0.2, 0) is 10.0 Å². The fraction of sp³-hybridized carbons (Fsp3) is 0.571. The highest BCUT2D eigenvalue weighted by atomic mass is 32.2. The van der Waals surface area contributed by atoms with Crippen LogP contribution in [-0.4, -0.2) is 21.6 Å². The van der Waals surface area contributed by atoms with Crippen molar-refractivity contribution < 1.29 is 13.2 Å². The maximum atomic E-state index is 12.3. The Hall–Kier alpha value is -1.07. The Morgan fingerprint density at radius 2 is 1.79 bits per heavy atom. The van der Waals surface area contributed by atoms with E-state index >= 15 is 0 Å². The first kappa shape index (κ1) is 14.3. The first-order valence-corrected chi connectivity index (χ1v) is 8.17. The standard InChI is InChI=1S/C14H21NO3S/c1-11-5-3-4-6-14(11)15-19(16,17)13-9-7-12(18-2)8-10-13/h7-11,14-15H,3-6H2,1-2H3/t11-,14-/m1/s1. The van der Waals surface area contributed by atoms with Crippen LogP contribution in [0.4, 0.5) is 0 Å². The second-order valence-corrected chi connectivity index (χ2v) is 6.88. The minimum Gasteiger partial charge on any atom is -0.497 e. The van der Waals surface area contributed by atoms with Crippen molar-refractivity contribution in [2.45, 2.75) is 43.5 Å². The molecule has 106 valence electrons. The van der Waals surface area contributed by atoms with Crippen LogP contribution >= 0.6 is 0 Å². The molecule has 0 unspecified atom stereocenters. The molecule has 19 heavy (non-hydrogen) atoms. The molecule has 0 bridgehead atoms. The van der Waals surface area contributed by atoms with Crippen LogP contribution in [0, 0.1) is 5.92 Å². The monoisotopic (exact) mass is 283 g/mol. The van der Waals surface area contributed by atoms with Crippen LogP contribution in [0.25, 0.3) is 0 Å². The molecule has 1 saturated carbocycles. The van der Waals surface area contributed by atoms with Gasteiger partial charge in [-0.3, -0.25) is 0 Å². The van der Waals surface area contributed by atoms with Gasteiger partial charge in [-0.05, 0) is 43.0 Å². The molecule has 1 N–H and O–H groups in total. The number of hydrogen-bond donors (Lipinski definition) is 1. The molecule has 0 radical (unpaired) electrons. The topological polar surface area (TPSA) is 55.4 Å². The Morgan fingerprint density at radius 3 is 2.37 bits per heavy atom. The summed E-state index contributed by atoms with van der Waals surface area (Å²) < 4.78 is 32.5. The molecule has 0 amide bonds. The van der Waals surface area contributed by atoms with Crippen molar-refractivity contribution in [1.29, 1.82) is 0 Å². The molecule has 2 rings (SSSR count). The van der Waals surface area contributed by atoms with E-state index in [0.29, 0.717) is 16.6 Å². The predicted octanol–water partition coefficient (Wildman–Crippen LogP) is 2.55. The number of benzene rings is 1. The van der Waals surface area contributed by atoms with Gasteiger partial charge in [-0.25, -0.2) is 13.1 Å². The third-order valence-electron chi connectivity index (χ3n) is 3.79. The Labute approximate surface area is 115 Å². The van der Waals surface area contributed by atoms with Gasteiger partial charge in [0.05, 0.1) is 12.0 Å². The van der Waals surface area contributed by atoms with E-state index in [1.54, 1.807) is 31.4 Å². The summed E-state index contributed by atoms with van der Waals surface area (Å²) in [5.41, 5.74) is 0. The van der Waals surface area contributed by atoms with E-state index in [0.717, 1.165) is 19.3 Å². The van der Waals surface area contributed by atoms with Crippen molar-refractivity contribution in [2.24, 2.45) is 5.92 Å². The Kier molecular flexibility index (Phi) is 4.47. The molecule has 5 heteroatoms. The van der Waals surface area contributed by atoms with Gasteiger partial charge in [-0.2, -0.15) is 0 Å². The molecule has 1 fully saturated rings. The summed E-state index contributed by atoms with van der Waals surface area (Å²) in [6, 6.07) is 6.54. The predicted molar refractivity (Wildman–Crippen MR) is 74.7 cm³/mol. The molecule has 0 heterocycles. The van der Waals surface area contributed by atoms with Crippen LogP contribution in [0.1, 0.15) is 32.6 Å². The number of hydrogen-bond acceptors (Lipinski definition) is 3. The van der Waals surface area contributed by atoms with Gasteiger partial charge in [-0.1, -0.05) is 19.8 Å². The van der Waals surface area contributed by atoms with Crippen molar-refractivity contribution >= 4 is 10.0 Å². The molecule has 1 aromatic carbocycles. The van der Waals surface area contributed by atoms with Gasteiger partial charge in [0.2, 0.25) is 10.0 Å². The zero-order chi connectivity index (χ0) is 13.9. The highest BCUT2D eigenvalue weighted by molar-refractivity contribution is 7.89. The van der Waals surface area contributed by atoms with Gasteiger partial charge in [0.25, 0.3) is 0 Å². The lowest BCUT2D eigenvalue weighted by molar-refractivity contribution is 0.310. The summed E-state index contributed by atoms with van der Waals surface area (Å²) in [4.78, 5) is 0.297. The summed E-state index contributed by atoms with van der Waals surface area (Å²) >= 11 is 0. The van der Waals surface area contributed by atoms with E-state index in [2.05, 4.69) is 11.6 Å². The second kappa shape index (κ2) is 5.92. The molecule has 0 saturated heterocycles. The van der Waals surface area contributed by atoms with Gasteiger partial charge in [0, 0.05) is 6.04 Å². The first-order chi connectivity index (χ1) is 9.03. The van der Waals surface area contributed by atoms with Crippen molar-refractivity contribution in [3.8, 4) is 5.75 Å². The average Bonchev–Trinajstić information content (AvgIpc) is 2.41. The van der Waals surface area contributed by atoms with Crippen molar-refractivity contribution in [2.75, 3.05) is 7.11 Å². The van der Waals surface area contributed by atoms with Crippen molar-refractivity contribution in [3.63, 3.8) is 0 Å². The molecule has 4 nitrogen and oxygen atoms in total. The summed E-state index contributed by atoms with van der Waals surface area (Å²) in [6.07, 6.45) is 4.31. The van der Waals surface area contributed by atoms with Gasteiger partial charge < -0.3 is 4.74 Å². The maximum Gasteiger partial charge on any atom is 0.240 e. The lowest BCUT2D eigenvalue weighted by atomic mass is 9.87. The zero-order valence-corrected chi connectivity index (χ0v) is 12.2. The maximum absolute atomic E-state index is 12.3. The van der Waals surface area contributed by atoms with E-state index in [-0.39, 0.29) is 6.04 Å². The normalized spacial score (nSPS) is 24.1. The minimum absolute atomic E-state index is 0.0563. The van der Waals surface area contributed by atoms with E-state index in [1.165, 1.54) is 6.42 Å². The quantitative estimate of drug-likeness (QED) is 0.924.